The van der Waals surface area contributed by atoms with Crippen molar-refractivity contribution in [2.24, 2.45) is 0 Å². The van der Waals surface area contributed by atoms with Crippen LogP contribution in [0.4, 0.5) is 0 Å². The fourth-order valence-corrected chi connectivity index (χ4v) is 3.31. The van der Waals surface area contributed by atoms with Gasteiger partial charge in [0.1, 0.15) is 0 Å². The van der Waals surface area contributed by atoms with Gasteiger partial charge < -0.3 is 0 Å². The molecule has 0 amide bonds. The van der Waals surface area contributed by atoms with Gasteiger partial charge in [-0.3, -0.25) is 19.9 Å². The van der Waals surface area contributed by atoms with Crippen LogP contribution in [-0.4, -0.2) is 24.9 Å². The van der Waals surface area contributed by atoms with Crippen LogP contribution in [0.5, 0.6) is 0 Å². The minimum Gasteiger partial charge on any atom is -0.255 e. The van der Waals surface area contributed by atoms with Crippen LogP contribution in [0.2, 0.25) is 0 Å². The normalized spacial score (nSPS) is 9.69. The molecule has 5 aromatic heterocycles. The third-order valence-corrected chi connectivity index (χ3v) is 4.92. The monoisotopic (exact) mass is 622 g/mol. The molecule has 0 N–H and O–H groups in total. The summed E-state index contributed by atoms with van der Waals surface area (Å²) >= 11 is 0. The molecule has 0 atom stereocenters. The Kier molecular flexibility index (Phi) is 11.6. The van der Waals surface area contributed by atoms with Gasteiger partial charge in [-0.15, -0.1) is 0 Å². The van der Waals surface area contributed by atoms with Crippen LogP contribution in [0.3, 0.4) is 0 Å². The molecule has 0 unspecified atom stereocenters. The first-order valence-corrected chi connectivity index (χ1v) is 10.8. The first-order valence-electron chi connectivity index (χ1n) is 10.8. The molecule has 0 saturated heterocycles. The van der Waals surface area contributed by atoms with Crippen molar-refractivity contribution in [3.8, 4) is 34.2 Å². The van der Waals surface area contributed by atoms with Gasteiger partial charge in [-0.25, -0.2) is 4.98 Å². The molecule has 0 fully saturated rings. The summed E-state index contributed by atoms with van der Waals surface area (Å²) in [5, 5.41) is 0. The SMILES string of the molecule is Cc1ccnc(-c2cc(C)cc(-c3cc(C)ccn3)n2)c1.[Ru].[Y].c1ccc(-c2ccccn2)nc1. The fraction of sp³-hybridized carbons (Fsp3) is 0.107. The smallest absolute Gasteiger partial charge is 0.0897 e. The first kappa shape index (κ1) is 28.7. The summed E-state index contributed by atoms with van der Waals surface area (Å²) in [5.74, 6) is 0. The van der Waals surface area contributed by atoms with E-state index in [0.717, 1.165) is 39.7 Å². The minimum atomic E-state index is 0. The van der Waals surface area contributed by atoms with Crippen molar-refractivity contribution >= 4 is 0 Å². The minimum absolute atomic E-state index is 0. The summed E-state index contributed by atoms with van der Waals surface area (Å²) in [6.45, 7) is 6.19. The Morgan fingerprint density at radius 2 is 0.829 bits per heavy atom. The summed E-state index contributed by atoms with van der Waals surface area (Å²) in [6.07, 6.45) is 7.17. The molecule has 5 rings (SSSR count). The topological polar surface area (TPSA) is 64.5 Å². The van der Waals surface area contributed by atoms with E-state index in [2.05, 4.69) is 65.0 Å². The van der Waals surface area contributed by atoms with Gasteiger partial charge in [-0.1, -0.05) is 12.1 Å². The van der Waals surface area contributed by atoms with Crippen LogP contribution in [-0.2, 0) is 52.2 Å². The van der Waals surface area contributed by atoms with Crippen molar-refractivity contribution in [1.29, 1.82) is 0 Å². The van der Waals surface area contributed by atoms with Crippen LogP contribution in [0.25, 0.3) is 34.2 Å². The Balaban J connectivity index is 0.000000265. The van der Waals surface area contributed by atoms with E-state index in [1.54, 1.807) is 12.4 Å². The molecule has 1 radical (unpaired) electrons. The summed E-state index contributed by atoms with van der Waals surface area (Å²) in [5.41, 5.74) is 8.91. The van der Waals surface area contributed by atoms with Crippen molar-refractivity contribution < 1.29 is 52.2 Å². The van der Waals surface area contributed by atoms with Gasteiger partial charge >= 0.3 is 0 Å². The number of aromatic nitrogens is 5. The van der Waals surface area contributed by atoms with Crippen LogP contribution >= 0.6 is 0 Å². The molecule has 5 aromatic rings. The van der Waals surface area contributed by atoms with Gasteiger partial charge in [-0.2, -0.15) is 0 Å². The predicted octanol–water partition coefficient (Wildman–Crippen LogP) is 6.27. The van der Waals surface area contributed by atoms with Gasteiger partial charge in [0, 0.05) is 77.0 Å². The molecule has 0 saturated carbocycles. The molecular formula is C28H25N5RuY. The molecule has 0 aliphatic carbocycles. The van der Waals surface area contributed by atoms with Crippen molar-refractivity contribution in [2.45, 2.75) is 20.8 Å². The Morgan fingerprint density at radius 3 is 1.20 bits per heavy atom. The molecular weight excluding hydrogens is 596 g/mol. The number of aryl methyl sites for hydroxylation is 3. The zero-order valence-electron chi connectivity index (χ0n) is 19.9. The molecule has 173 valence electrons. The third-order valence-electron chi connectivity index (χ3n) is 4.92. The van der Waals surface area contributed by atoms with E-state index in [1.165, 1.54) is 11.1 Å². The van der Waals surface area contributed by atoms with Crippen LogP contribution in [0.1, 0.15) is 16.7 Å². The molecule has 5 nitrogen and oxygen atoms in total. The van der Waals surface area contributed by atoms with Gasteiger partial charge in [0.2, 0.25) is 0 Å². The zero-order chi connectivity index (χ0) is 23.0. The van der Waals surface area contributed by atoms with Gasteiger partial charge in [0.15, 0.2) is 0 Å². The van der Waals surface area contributed by atoms with Crippen LogP contribution in [0.15, 0.2) is 97.6 Å². The van der Waals surface area contributed by atoms with Gasteiger partial charge in [0.25, 0.3) is 0 Å². The Bertz CT molecular complexity index is 1250. The molecule has 0 aromatic carbocycles. The number of rotatable bonds is 3. The summed E-state index contributed by atoms with van der Waals surface area (Å²) in [6, 6.07) is 23.8. The molecule has 0 spiro atoms. The molecule has 35 heavy (non-hydrogen) atoms. The summed E-state index contributed by atoms with van der Waals surface area (Å²) in [7, 11) is 0. The molecule has 5 heterocycles. The maximum atomic E-state index is 4.73. The largest absolute Gasteiger partial charge is 0.255 e. The average molecular weight is 622 g/mol. The summed E-state index contributed by atoms with van der Waals surface area (Å²) in [4.78, 5) is 21.9. The first-order chi connectivity index (χ1) is 16.1. The van der Waals surface area contributed by atoms with Crippen molar-refractivity contribution in [3.05, 3.63) is 114 Å². The second kappa shape index (κ2) is 14.1. The third kappa shape index (κ3) is 8.28. The average Bonchev–Trinajstić information content (AvgIpc) is 2.85. The van der Waals surface area contributed by atoms with E-state index in [4.69, 9.17) is 4.98 Å². The van der Waals surface area contributed by atoms with Crippen LogP contribution < -0.4 is 0 Å². The quantitative estimate of drug-likeness (QED) is 0.222. The summed E-state index contributed by atoms with van der Waals surface area (Å²) < 4.78 is 0. The number of pyridine rings is 5. The van der Waals surface area contributed by atoms with E-state index in [9.17, 15) is 0 Å². The second-order valence-corrected chi connectivity index (χ2v) is 7.78. The standard InChI is InChI=1S/C18H17N3.C10H8N2.Ru.Y/c1-12-4-6-19-15(8-12)17-10-14(3)11-18(21-17)16-9-13(2)5-7-20-16;1-3-7-11-9(5-1)10-6-2-4-8-12-10;;/h4-11H,1-3H3;1-8H;;. The van der Waals surface area contributed by atoms with E-state index in [-0.39, 0.29) is 52.2 Å². The fourth-order valence-electron chi connectivity index (χ4n) is 3.31. The molecule has 0 bridgehead atoms. The second-order valence-electron chi connectivity index (χ2n) is 7.78. The Hall–Kier alpha value is -2.52. The van der Waals surface area contributed by atoms with Crippen molar-refractivity contribution in [1.82, 2.24) is 24.9 Å². The van der Waals surface area contributed by atoms with E-state index in [1.807, 2.05) is 60.9 Å². The van der Waals surface area contributed by atoms with Gasteiger partial charge in [-0.05, 0) is 98.1 Å². The number of nitrogens with zero attached hydrogens (tertiary/aromatic N) is 5. The van der Waals surface area contributed by atoms with E-state index >= 15 is 0 Å². The Morgan fingerprint density at radius 1 is 0.429 bits per heavy atom. The number of hydrogen-bond donors (Lipinski definition) is 0. The van der Waals surface area contributed by atoms with Crippen molar-refractivity contribution in [2.75, 3.05) is 0 Å². The van der Waals surface area contributed by atoms with Crippen LogP contribution in [0, 0.1) is 20.8 Å². The predicted molar refractivity (Wildman–Crippen MR) is 132 cm³/mol. The van der Waals surface area contributed by atoms with E-state index < -0.39 is 0 Å². The van der Waals surface area contributed by atoms with Crippen molar-refractivity contribution in [3.63, 3.8) is 0 Å². The van der Waals surface area contributed by atoms with Gasteiger partial charge in [0.05, 0.1) is 34.2 Å². The number of hydrogen-bond acceptors (Lipinski definition) is 5. The molecule has 0 aliphatic heterocycles. The Labute approximate surface area is 244 Å². The molecule has 0 aliphatic rings. The van der Waals surface area contributed by atoms with E-state index in [0.29, 0.717) is 0 Å². The molecule has 7 heteroatoms. The maximum absolute atomic E-state index is 4.73. The zero-order valence-corrected chi connectivity index (χ0v) is 24.5. The maximum Gasteiger partial charge on any atom is 0.0897 e.